The van der Waals surface area contributed by atoms with Crippen molar-refractivity contribution in [2.24, 2.45) is 0 Å². The summed E-state index contributed by atoms with van der Waals surface area (Å²) < 4.78 is 1.67. The molecular formula is C12H21N5O2. The van der Waals surface area contributed by atoms with Gasteiger partial charge in [-0.15, -0.1) is 5.10 Å². The van der Waals surface area contributed by atoms with Gasteiger partial charge in [-0.1, -0.05) is 5.21 Å². The molecule has 1 aliphatic rings. The van der Waals surface area contributed by atoms with E-state index in [0.717, 1.165) is 26.2 Å². The minimum atomic E-state index is -0.311. The second kappa shape index (κ2) is 6.63. The molecule has 19 heavy (non-hydrogen) atoms. The molecule has 7 nitrogen and oxygen atoms in total. The first-order valence-corrected chi connectivity index (χ1v) is 6.67. The van der Waals surface area contributed by atoms with Crippen LogP contribution in [0.2, 0.25) is 0 Å². The van der Waals surface area contributed by atoms with Gasteiger partial charge in [-0.2, -0.15) is 0 Å². The third-order valence-corrected chi connectivity index (χ3v) is 3.27. The van der Waals surface area contributed by atoms with Gasteiger partial charge < -0.3 is 10.0 Å². The highest BCUT2D eigenvalue weighted by Gasteiger charge is 2.21. The summed E-state index contributed by atoms with van der Waals surface area (Å²) in [6.45, 7) is 6.19. The third kappa shape index (κ3) is 4.29. The second-order valence-corrected chi connectivity index (χ2v) is 4.95. The van der Waals surface area contributed by atoms with Crippen LogP contribution in [0.3, 0.4) is 0 Å². The Hall–Kier alpha value is -1.47. The number of aliphatic hydroxyl groups excluding tert-OH is 1. The van der Waals surface area contributed by atoms with Crippen LogP contribution in [0, 0.1) is 0 Å². The number of aliphatic hydroxyl groups is 1. The van der Waals surface area contributed by atoms with E-state index in [4.69, 9.17) is 0 Å². The molecule has 0 bridgehead atoms. The maximum atomic E-state index is 12.0. The van der Waals surface area contributed by atoms with E-state index in [9.17, 15) is 9.90 Å². The Kier molecular flexibility index (Phi) is 4.86. The quantitative estimate of drug-likeness (QED) is 0.755. The number of piperazine rings is 1. The van der Waals surface area contributed by atoms with Crippen LogP contribution < -0.4 is 0 Å². The van der Waals surface area contributed by atoms with Gasteiger partial charge in [-0.25, -0.2) is 0 Å². The van der Waals surface area contributed by atoms with Crippen LogP contribution in [0.1, 0.15) is 13.3 Å². The van der Waals surface area contributed by atoms with E-state index in [2.05, 4.69) is 15.2 Å². The topological polar surface area (TPSA) is 74.5 Å². The zero-order chi connectivity index (χ0) is 13.7. The Bertz CT molecular complexity index is 385. The van der Waals surface area contributed by atoms with E-state index in [0.29, 0.717) is 19.5 Å². The molecule has 1 atom stereocenters. The number of carbonyl (C=O) groups is 1. The van der Waals surface area contributed by atoms with Gasteiger partial charge >= 0.3 is 0 Å². The number of amides is 1. The number of aryl methyl sites for hydroxylation is 1. The Labute approximate surface area is 112 Å². The fourth-order valence-electron chi connectivity index (χ4n) is 2.27. The molecule has 0 unspecified atom stereocenters. The zero-order valence-electron chi connectivity index (χ0n) is 11.3. The first-order valence-electron chi connectivity index (χ1n) is 6.67. The third-order valence-electron chi connectivity index (χ3n) is 3.27. The molecule has 0 aromatic carbocycles. The van der Waals surface area contributed by atoms with E-state index in [1.165, 1.54) is 0 Å². The molecule has 1 fully saturated rings. The van der Waals surface area contributed by atoms with Crippen molar-refractivity contribution in [2.75, 3.05) is 32.7 Å². The first-order chi connectivity index (χ1) is 9.15. The molecule has 106 valence electrons. The maximum Gasteiger partial charge on any atom is 0.224 e. The van der Waals surface area contributed by atoms with E-state index >= 15 is 0 Å². The highest BCUT2D eigenvalue weighted by Crippen LogP contribution is 2.05. The van der Waals surface area contributed by atoms with Gasteiger partial charge in [0.05, 0.1) is 18.8 Å². The Morgan fingerprint density at radius 2 is 2.11 bits per heavy atom. The summed E-state index contributed by atoms with van der Waals surface area (Å²) in [5.41, 5.74) is 0. The van der Waals surface area contributed by atoms with Crippen molar-refractivity contribution in [1.29, 1.82) is 0 Å². The molecule has 7 heteroatoms. The molecule has 1 amide bonds. The normalized spacial score (nSPS) is 18.5. The molecule has 1 saturated heterocycles. The molecule has 1 N–H and O–H groups in total. The van der Waals surface area contributed by atoms with Crippen LogP contribution in [0.25, 0.3) is 0 Å². The Morgan fingerprint density at radius 3 is 2.68 bits per heavy atom. The molecule has 0 radical (unpaired) electrons. The lowest BCUT2D eigenvalue weighted by Gasteiger charge is -2.35. The molecular weight excluding hydrogens is 246 g/mol. The van der Waals surface area contributed by atoms with Gasteiger partial charge in [0.1, 0.15) is 0 Å². The SMILES string of the molecule is C[C@H](O)CN1CCN(C(=O)CCn2ccnn2)CC1. The number of aromatic nitrogens is 3. The van der Waals surface area contributed by atoms with Gasteiger partial charge in [-0.3, -0.25) is 14.4 Å². The number of rotatable bonds is 5. The van der Waals surface area contributed by atoms with Crippen LogP contribution in [-0.4, -0.2) is 74.6 Å². The standard InChI is InChI=1S/C12H21N5O2/c1-11(18)10-15-6-8-16(9-7-15)12(19)2-4-17-5-3-13-14-17/h3,5,11,18H,2,4,6-10H2,1H3/t11-/m0/s1. The highest BCUT2D eigenvalue weighted by molar-refractivity contribution is 5.76. The lowest BCUT2D eigenvalue weighted by Crippen LogP contribution is -2.50. The smallest absolute Gasteiger partial charge is 0.224 e. The molecule has 0 aliphatic carbocycles. The lowest BCUT2D eigenvalue weighted by atomic mass is 10.2. The minimum absolute atomic E-state index is 0.159. The summed E-state index contributed by atoms with van der Waals surface area (Å²) in [5, 5.41) is 16.9. The maximum absolute atomic E-state index is 12.0. The minimum Gasteiger partial charge on any atom is -0.392 e. The van der Waals surface area contributed by atoms with Gasteiger partial charge in [0.25, 0.3) is 0 Å². The Balaban J connectivity index is 1.70. The number of hydrogen-bond acceptors (Lipinski definition) is 5. The molecule has 0 spiro atoms. The molecule has 0 saturated carbocycles. The molecule has 2 rings (SSSR count). The fraction of sp³-hybridized carbons (Fsp3) is 0.750. The first kappa shape index (κ1) is 14.0. The average molecular weight is 267 g/mol. The van der Waals surface area contributed by atoms with Crippen molar-refractivity contribution in [2.45, 2.75) is 26.0 Å². The summed E-state index contributed by atoms with van der Waals surface area (Å²) in [6.07, 6.45) is 3.52. The van der Waals surface area contributed by atoms with Crippen molar-refractivity contribution < 1.29 is 9.90 Å². The van der Waals surface area contributed by atoms with E-state index in [1.807, 2.05) is 4.90 Å². The van der Waals surface area contributed by atoms with Crippen LogP contribution >= 0.6 is 0 Å². The largest absolute Gasteiger partial charge is 0.392 e. The fourth-order valence-corrected chi connectivity index (χ4v) is 2.27. The van der Waals surface area contributed by atoms with E-state index in [1.54, 1.807) is 24.0 Å². The van der Waals surface area contributed by atoms with Gasteiger partial charge in [0, 0.05) is 45.3 Å². The summed E-state index contributed by atoms with van der Waals surface area (Å²) in [4.78, 5) is 16.1. The van der Waals surface area contributed by atoms with E-state index < -0.39 is 0 Å². The summed E-state index contributed by atoms with van der Waals surface area (Å²) in [6, 6.07) is 0. The Morgan fingerprint density at radius 1 is 1.37 bits per heavy atom. The molecule has 2 heterocycles. The molecule has 1 aromatic heterocycles. The molecule has 1 aromatic rings. The van der Waals surface area contributed by atoms with Crippen molar-refractivity contribution in [1.82, 2.24) is 24.8 Å². The number of β-amino-alcohol motifs (C(OH)–C–C–N with tert-alkyl or cyclic N) is 1. The monoisotopic (exact) mass is 267 g/mol. The highest BCUT2D eigenvalue weighted by atomic mass is 16.3. The van der Waals surface area contributed by atoms with Crippen LogP contribution in [0.5, 0.6) is 0 Å². The number of carbonyl (C=O) groups excluding carboxylic acids is 1. The lowest BCUT2D eigenvalue weighted by molar-refractivity contribution is -0.133. The van der Waals surface area contributed by atoms with Gasteiger partial charge in [-0.05, 0) is 6.92 Å². The number of hydrogen-bond donors (Lipinski definition) is 1. The van der Waals surface area contributed by atoms with E-state index in [-0.39, 0.29) is 12.0 Å². The van der Waals surface area contributed by atoms with Crippen molar-refractivity contribution >= 4 is 5.91 Å². The van der Waals surface area contributed by atoms with Gasteiger partial charge in [0.15, 0.2) is 0 Å². The van der Waals surface area contributed by atoms with Crippen molar-refractivity contribution in [3.8, 4) is 0 Å². The van der Waals surface area contributed by atoms with Crippen LogP contribution in [0.15, 0.2) is 12.4 Å². The van der Waals surface area contributed by atoms with Crippen molar-refractivity contribution in [3.05, 3.63) is 12.4 Å². The summed E-state index contributed by atoms with van der Waals surface area (Å²) in [7, 11) is 0. The second-order valence-electron chi connectivity index (χ2n) is 4.95. The van der Waals surface area contributed by atoms with Crippen LogP contribution in [-0.2, 0) is 11.3 Å². The van der Waals surface area contributed by atoms with Gasteiger partial charge in [0.2, 0.25) is 5.91 Å². The summed E-state index contributed by atoms with van der Waals surface area (Å²) in [5.74, 6) is 0.159. The zero-order valence-corrected chi connectivity index (χ0v) is 11.3. The summed E-state index contributed by atoms with van der Waals surface area (Å²) >= 11 is 0. The number of nitrogens with zero attached hydrogens (tertiary/aromatic N) is 5. The van der Waals surface area contributed by atoms with Crippen molar-refractivity contribution in [3.63, 3.8) is 0 Å². The predicted octanol–water partition coefficient (Wildman–Crippen LogP) is -0.807. The average Bonchev–Trinajstić information content (AvgIpc) is 2.89. The predicted molar refractivity (Wildman–Crippen MR) is 69.3 cm³/mol. The van der Waals surface area contributed by atoms with Crippen LogP contribution in [0.4, 0.5) is 0 Å². The molecule has 1 aliphatic heterocycles.